The molecule has 0 amide bonds. The molecule has 0 heterocycles. The lowest BCUT2D eigenvalue weighted by molar-refractivity contribution is -0.142. The summed E-state index contributed by atoms with van der Waals surface area (Å²) in [5.41, 5.74) is 4.67. The fourth-order valence-corrected chi connectivity index (χ4v) is 12.0. The maximum absolute atomic E-state index is 2.80. The number of hydrogen-bond donors (Lipinski definition) is 0. The minimum atomic E-state index is 0.577. The molecule has 5 rings (SSSR count). The lowest BCUT2D eigenvalue weighted by atomic mass is 9.42. The Hall–Kier alpha value is -0.260. The van der Waals surface area contributed by atoms with Crippen LogP contribution in [0.5, 0.6) is 0 Å². The van der Waals surface area contributed by atoms with Crippen LogP contribution in [0.3, 0.4) is 0 Å². The molecule has 5 unspecified atom stereocenters. The summed E-state index contributed by atoms with van der Waals surface area (Å²) in [7, 11) is 0. The lowest BCUT2D eigenvalue weighted by Gasteiger charge is -2.63. The van der Waals surface area contributed by atoms with Crippen molar-refractivity contribution in [3.8, 4) is 0 Å². The molecular weight excluding hydrogens is 372 g/mol. The second kappa shape index (κ2) is 6.88. The van der Waals surface area contributed by atoms with Gasteiger partial charge in [-0.15, -0.1) is 0 Å². The zero-order chi connectivity index (χ0) is 22.4. The lowest BCUT2D eigenvalue weighted by Crippen LogP contribution is -2.56. The highest BCUT2D eigenvalue weighted by atomic mass is 14.9. The molecule has 0 aliphatic heterocycles. The van der Waals surface area contributed by atoms with Gasteiger partial charge in [0.2, 0.25) is 0 Å². The number of allylic oxidation sites excluding steroid dienone is 2. The van der Waals surface area contributed by atoms with Crippen LogP contribution in [0, 0.1) is 56.7 Å². The molecule has 0 aromatic carbocycles. The third kappa shape index (κ3) is 2.60. The minimum Gasteiger partial charge on any atom is -0.0859 e. The molecule has 0 heteroatoms. The fourth-order valence-electron chi connectivity index (χ4n) is 12.0. The molecule has 5 aliphatic carbocycles. The predicted molar refractivity (Wildman–Crippen MR) is 134 cm³/mol. The van der Waals surface area contributed by atoms with Crippen LogP contribution in [0.1, 0.15) is 126 Å². The van der Waals surface area contributed by atoms with Gasteiger partial charge in [-0.3, -0.25) is 0 Å². The Bertz CT molecular complexity index is 754. The van der Waals surface area contributed by atoms with E-state index in [1.165, 1.54) is 56.9 Å². The molecule has 176 valence electrons. The van der Waals surface area contributed by atoms with Crippen molar-refractivity contribution in [1.82, 2.24) is 0 Å². The van der Waals surface area contributed by atoms with Crippen LogP contribution in [-0.2, 0) is 0 Å². The molecule has 0 saturated heterocycles. The standard InChI is InChI=1S/C31H52/c1-21(2)11-9-12-22(3)24-15-18-29(8)26-14-13-25-27(5,6)16-10-17-30(25)23(4)31(26,30)20-19-28(24,29)7/h11,22-26H,9-10,12-20H2,1-8H3/t22-,23-,24?,25?,26?,28?,29+,30?,31+/m1/s1. The van der Waals surface area contributed by atoms with Gasteiger partial charge in [0.15, 0.2) is 0 Å². The third-order valence-electron chi connectivity index (χ3n) is 13.5. The Labute approximate surface area is 194 Å². The monoisotopic (exact) mass is 424 g/mol. The maximum atomic E-state index is 2.80. The van der Waals surface area contributed by atoms with Gasteiger partial charge in [0.25, 0.3) is 0 Å². The predicted octanol–water partition coefficient (Wildman–Crippen LogP) is 9.44. The Balaban J connectivity index is 1.44. The number of hydrogen-bond acceptors (Lipinski definition) is 0. The van der Waals surface area contributed by atoms with E-state index in [-0.39, 0.29) is 0 Å². The van der Waals surface area contributed by atoms with Crippen LogP contribution in [-0.4, -0.2) is 0 Å². The highest BCUT2D eigenvalue weighted by molar-refractivity contribution is 5.33. The topological polar surface area (TPSA) is 0 Å². The Morgan fingerprint density at radius 1 is 0.839 bits per heavy atom. The van der Waals surface area contributed by atoms with Crippen LogP contribution in [0.4, 0.5) is 0 Å². The Morgan fingerprint density at radius 2 is 1.52 bits per heavy atom. The van der Waals surface area contributed by atoms with Crippen molar-refractivity contribution in [3.63, 3.8) is 0 Å². The highest BCUT2D eigenvalue weighted by Crippen LogP contribution is 2.91. The molecule has 0 aromatic heterocycles. The van der Waals surface area contributed by atoms with E-state index in [4.69, 9.17) is 0 Å². The van der Waals surface area contributed by atoms with Crippen molar-refractivity contribution in [2.24, 2.45) is 56.7 Å². The zero-order valence-corrected chi connectivity index (χ0v) is 22.2. The summed E-state index contributed by atoms with van der Waals surface area (Å²) in [5, 5.41) is 0. The van der Waals surface area contributed by atoms with Gasteiger partial charge >= 0.3 is 0 Å². The summed E-state index contributed by atoms with van der Waals surface area (Å²) >= 11 is 0. The van der Waals surface area contributed by atoms with Crippen molar-refractivity contribution >= 4 is 0 Å². The van der Waals surface area contributed by atoms with Gasteiger partial charge in [-0.2, -0.15) is 0 Å². The van der Waals surface area contributed by atoms with Crippen LogP contribution in [0.15, 0.2) is 11.6 Å². The molecular formula is C31H52. The first-order chi connectivity index (χ1) is 14.5. The maximum Gasteiger partial charge on any atom is -0.0170 e. The molecule has 5 saturated carbocycles. The highest BCUT2D eigenvalue weighted by Gasteiger charge is 2.85. The number of rotatable bonds is 4. The van der Waals surface area contributed by atoms with Crippen molar-refractivity contribution in [2.75, 3.05) is 0 Å². The quantitative estimate of drug-likeness (QED) is 0.394. The third-order valence-corrected chi connectivity index (χ3v) is 13.5. The van der Waals surface area contributed by atoms with Gasteiger partial charge in [-0.05, 0) is 135 Å². The summed E-state index contributed by atoms with van der Waals surface area (Å²) in [6.45, 7) is 20.7. The molecule has 2 spiro atoms. The fraction of sp³-hybridized carbons (Fsp3) is 0.935. The first kappa shape index (κ1) is 22.5. The van der Waals surface area contributed by atoms with Gasteiger partial charge in [0.1, 0.15) is 0 Å². The largest absolute Gasteiger partial charge is 0.0859 e. The van der Waals surface area contributed by atoms with E-state index in [0.29, 0.717) is 21.7 Å². The van der Waals surface area contributed by atoms with Crippen LogP contribution in [0.25, 0.3) is 0 Å². The molecule has 0 N–H and O–H groups in total. The second-order valence-corrected chi connectivity index (χ2v) is 14.6. The zero-order valence-electron chi connectivity index (χ0n) is 22.2. The molecule has 0 bridgehead atoms. The van der Waals surface area contributed by atoms with E-state index in [2.05, 4.69) is 61.5 Å². The number of fused-ring (bicyclic) bond motifs is 2. The van der Waals surface area contributed by atoms with Crippen molar-refractivity contribution in [3.05, 3.63) is 11.6 Å². The Kier molecular flexibility index (Phi) is 5.00. The van der Waals surface area contributed by atoms with E-state index < -0.39 is 0 Å². The summed E-state index contributed by atoms with van der Waals surface area (Å²) in [4.78, 5) is 0. The van der Waals surface area contributed by atoms with Crippen molar-refractivity contribution in [2.45, 2.75) is 126 Å². The molecule has 0 aromatic rings. The van der Waals surface area contributed by atoms with Crippen LogP contribution < -0.4 is 0 Å². The minimum absolute atomic E-state index is 0.577. The first-order valence-corrected chi connectivity index (χ1v) is 14.1. The van der Waals surface area contributed by atoms with Crippen LogP contribution >= 0.6 is 0 Å². The molecule has 31 heavy (non-hydrogen) atoms. The van der Waals surface area contributed by atoms with Crippen molar-refractivity contribution in [1.29, 1.82) is 0 Å². The van der Waals surface area contributed by atoms with E-state index in [9.17, 15) is 0 Å². The van der Waals surface area contributed by atoms with Crippen LogP contribution in [0.2, 0.25) is 0 Å². The van der Waals surface area contributed by atoms with E-state index >= 15 is 0 Å². The summed E-state index contributed by atoms with van der Waals surface area (Å²) in [5.74, 6) is 4.84. The van der Waals surface area contributed by atoms with Gasteiger partial charge in [0, 0.05) is 0 Å². The average Bonchev–Trinajstić information content (AvgIpc) is 3.06. The molecule has 9 atom stereocenters. The SMILES string of the molecule is CC(C)=CCC[C@@H](C)C1CC[C@@]2(C)C3CCC4C(C)(C)CCCC45[C@@H](C)[C@@]35CCC12C. The molecule has 0 radical (unpaired) electrons. The smallest absolute Gasteiger partial charge is 0.0170 e. The van der Waals surface area contributed by atoms with Gasteiger partial charge in [0.05, 0.1) is 0 Å². The molecule has 5 aliphatic rings. The van der Waals surface area contributed by atoms with Gasteiger partial charge in [-0.1, -0.05) is 59.6 Å². The summed E-state index contributed by atoms with van der Waals surface area (Å²) < 4.78 is 0. The van der Waals surface area contributed by atoms with Crippen molar-refractivity contribution < 1.29 is 0 Å². The molecule has 5 fully saturated rings. The summed E-state index contributed by atoms with van der Waals surface area (Å²) in [6.07, 6.45) is 18.9. The second-order valence-electron chi connectivity index (χ2n) is 14.6. The van der Waals surface area contributed by atoms with E-state index in [1.807, 2.05) is 0 Å². The van der Waals surface area contributed by atoms with E-state index in [0.717, 1.165) is 35.0 Å². The molecule has 0 nitrogen and oxygen atoms in total. The van der Waals surface area contributed by atoms with Gasteiger partial charge in [-0.25, -0.2) is 0 Å². The Morgan fingerprint density at radius 3 is 2.23 bits per heavy atom. The average molecular weight is 425 g/mol. The first-order valence-electron chi connectivity index (χ1n) is 14.1. The normalized spacial score (nSPS) is 52.9. The van der Waals surface area contributed by atoms with Gasteiger partial charge < -0.3 is 0 Å². The van der Waals surface area contributed by atoms with E-state index in [1.54, 1.807) is 19.3 Å². The summed E-state index contributed by atoms with van der Waals surface area (Å²) in [6, 6.07) is 0.